The van der Waals surface area contributed by atoms with E-state index < -0.39 is 11.6 Å². The molecule has 0 aromatic heterocycles. The van der Waals surface area contributed by atoms with Gasteiger partial charge in [-0.05, 0) is 18.1 Å². The monoisotopic (exact) mass is 286 g/mol. The number of cyclic esters (lactones) is 1. The summed E-state index contributed by atoms with van der Waals surface area (Å²) in [5.74, 6) is -0.740. The van der Waals surface area contributed by atoms with Gasteiger partial charge in [-0.2, -0.15) is 0 Å². The van der Waals surface area contributed by atoms with E-state index >= 15 is 0 Å². The number of carbonyl (C=O) groups excluding carboxylic acids is 2. The first-order valence-corrected chi connectivity index (χ1v) is 6.93. The predicted molar refractivity (Wildman–Crippen MR) is 78.2 cm³/mol. The Bertz CT molecular complexity index is 559. The number of hydrogen-bond acceptors (Lipinski definition) is 4. The highest BCUT2D eigenvalue weighted by Gasteiger charge is 2.32. The molecule has 0 aliphatic carbocycles. The fourth-order valence-electron chi connectivity index (χ4n) is 2.06. The van der Waals surface area contributed by atoms with Gasteiger partial charge in [0.1, 0.15) is 12.2 Å². The van der Waals surface area contributed by atoms with E-state index in [0.717, 1.165) is 5.56 Å². The molecule has 0 saturated carbocycles. The van der Waals surface area contributed by atoms with Crippen LogP contribution in [0.15, 0.2) is 54.6 Å². The molecule has 0 fully saturated rings. The molecule has 0 amide bonds. The van der Waals surface area contributed by atoms with Crippen LogP contribution in [0, 0.1) is 0 Å². The van der Waals surface area contributed by atoms with Gasteiger partial charge in [-0.25, -0.2) is 9.59 Å². The molecule has 0 bridgehead atoms. The third-order valence-electron chi connectivity index (χ3n) is 3.37. The SMILES string of the molecule is CC[C@]1(C/C=C/C(=O)OCc2ccccc2)C=CC(=O)O1. The standard InChI is InChI=1S/C17H18O4/c1-2-17(12-10-16(19)21-17)11-6-9-15(18)20-13-14-7-4-3-5-8-14/h3-10,12H,2,11,13H2,1H3/b9-6+/t17-/m0/s1. The summed E-state index contributed by atoms with van der Waals surface area (Å²) in [5.41, 5.74) is 0.324. The third-order valence-corrected chi connectivity index (χ3v) is 3.37. The summed E-state index contributed by atoms with van der Waals surface area (Å²) in [5, 5.41) is 0. The molecule has 4 heteroatoms. The van der Waals surface area contributed by atoms with E-state index in [0.29, 0.717) is 12.8 Å². The van der Waals surface area contributed by atoms with Crippen molar-refractivity contribution in [1.29, 1.82) is 0 Å². The summed E-state index contributed by atoms with van der Waals surface area (Å²) in [7, 11) is 0. The minimum absolute atomic E-state index is 0.248. The minimum atomic E-state index is -0.618. The van der Waals surface area contributed by atoms with Crippen LogP contribution in [0.25, 0.3) is 0 Å². The van der Waals surface area contributed by atoms with Crippen LogP contribution in [0.5, 0.6) is 0 Å². The van der Waals surface area contributed by atoms with Crippen molar-refractivity contribution < 1.29 is 19.1 Å². The number of ether oxygens (including phenoxy) is 2. The normalized spacial score (nSPS) is 20.7. The summed E-state index contributed by atoms with van der Waals surface area (Å²) in [4.78, 5) is 22.8. The van der Waals surface area contributed by atoms with Crippen LogP contribution in [0.2, 0.25) is 0 Å². The number of rotatable bonds is 6. The molecule has 2 rings (SSSR count). The summed E-state index contributed by atoms with van der Waals surface area (Å²) in [6.45, 7) is 2.18. The lowest BCUT2D eigenvalue weighted by atomic mass is 9.97. The average Bonchev–Trinajstić information content (AvgIpc) is 2.88. The summed E-state index contributed by atoms with van der Waals surface area (Å²) in [6, 6.07) is 9.49. The lowest BCUT2D eigenvalue weighted by molar-refractivity contribution is -0.145. The first-order valence-electron chi connectivity index (χ1n) is 6.93. The van der Waals surface area contributed by atoms with Gasteiger partial charge >= 0.3 is 11.9 Å². The first kappa shape index (κ1) is 15.0. The van der Waals surface area contributed by atoms with Crippen molar-refractivity contribution >= 4 is 11.9 Å². The molecule has 1 aliphatic heterocycles. The van der Waals surface area contributed by atoms with E-state index in [1.165, 1.54) is 12.2 Å². The maximum Gasteiger partial charge on any atom is 0.331 e. The fraction of sp³-hybridized carbons (Fsp3) is 0.294. The molecule has 4 nitrogen and oxygen atoms in total. The van der Waals surface area contributed by atoms with Crippen molar-refractivity contribution in [3.05, 3.63) is 60.2 Å². The molecule has 0 radical (unpaired) electrons. The third kappa shape index (κ3) is 4.31. The Kier molecular flexibility index (Phi) is 4.93. The fourth-order valence-corrected chi connectivity index (χ4v) is 2.06. The Labute approximate surface area is 124 Å². The highest BCUT2D eigenvalue weighted by atomic mass is 16.6. The van der Waals surface area contributed by atoms with Crippen molar-refractivity contribution in [3.63, 3.8) is 0 Å². The van der Waals surface area contributed by atoms with Crippen LogP contribution in [-0.2, 0) is 25.7 Å². The van der Waals surface area contributed by atoms with E-state index in [1.807, 2.05) is 37.3 Å². The molecule has 110 valence electrons. The van der Waals surface area contributed by atoms with Gasteiger partial charge in [0, 0.05) is 18.6 Å². The van der Waals surface area contributed by atoms with E-state index in [9.17, 15) is 9.59 Å². The van der Waals surface area contributed by atoms with E-state index in [-0.39, 0.29) is 12.6 Å². The molecule has 1 atom stereocenters. The molecule has 1 heterocycles. The largest absolute Gasteiger partial charge is 0.458 e. The van der Waals surface area contributed by atoms with Gasteiger partial charge in [0.15, 0.2) is 0 Å². The van der Waals surface area contributed by atoms with Crippen molar-refractivity contribution in [3.8, 4) is 0 Å². The number of carbonyl (C=O) groups is 2. The molecule has 1 aromatic carbocycles. The second kappa shape index (κ2) is 6.88. The number of benzene rings is 1. The summed E-state index contributed by atoms with van der Waals surface area (Å²) < 4.78 is 10.4. The van der Waals surface area contributed by atoms with Gasteiger partial charge in [-0.15, -0.1) is 0 Å². The maximum atomic E-state index is 11.6. The Morgan fingerprint density at radius 3 is 2.71 bits per heavy atom. The van der Waals surface area contributed by atoms with Gasteiger partial charge in [0.2, 0.25) is 0 Å². The van der Waals surface area contributed by atoms with Crippen LogP contribution in [0.4, 0.5) is 0 Å². The predicted octanol–water partition coefficient (Wildman–Crippen LogP) is 2.94. The van der Waals surface area contributed by atoms with E-state index in [1.54, 1.807) is 12.2 Å². The van der Waals surface area contributed by atoms with Crippen molar-refractivity contribution in [1.82, 2.24) is 0 Å². The van der Waals surface area contributed by atoms with Gasteiger partial charge in [0.25, 0.3) is 0 Å². The Hall–Kier alpha value is -2.36. The minimum Gasteiger partial charge on any atom is -0.458 e. The highest BCUT2D eigenvalue weighted by Crippen LogP contribution is 2.27. The van der Waals surface area contributed by atoms with Crippen molar-refractivity contribution in [2.75, 3.05) is 0 Å². The van der Waals surface area contributed by atoms with Crippen LogP contribution in [0.1, 0.15) is 25.3 Å². The molecule has 0 unspecified atom stereocenters. The van der Waals surface area contributed by atoms with Crippen molar-refractivity contribution in [2.45, 2.75) is 32.0 Å². The summed E-state index contributed by atoms with van der Waals surface area (Å²) in [6.07, 6.45) is 7.35. The number of hydrogen-bond donors (Lipinski definition) is 0. The topological polar surface area (TPSA) is 52.6 Å². The second-order valence-electron chi connectivity index (χ2n) is 4.87. The van der Waals surface area contributed by atoms with Crippen LogP contribution >= 0.6 is 0 Å². The lowest BCUT2D eigenvalue weighted by Crippen LogP contribution is -2.26. The Balaban J connectivity index is 1.80. The zero-order chi connectivity index (χ0) is 15.1. The smallest absolute Gasteiger partial charge is 0.331 e. The summed E-state index contributed by atoms with van der Waals surface area (Å²) >= 11 is 0. The van der Waals surface area contributed by atoms with Crippen molar-refractivity contribution in [2.24, 2.45) is 0 Å². The van der Waals surface area contributed by atoms with Crippen LogP contribution in [0.3, 0.4) is 0 Å². The number of esters is 2. The molecular weight excluding hydrogens is 268 g/mol. The quantitative estimate of drug-likeness (QED) is 0.596. The van der Waals surface area contributed by atoms with E-state index in [4.69, 9.17) is 9.47 Å². The van der Waals surface area contributed by atoms with Crippen LogP contribution in [-0.4, -0.2) is 17.5 Å². The molecule has 0 saturated heterocycles. The van der Waals surface area contributed by atoms with Crippen LogP contribution < -0.4 is 0 Å². The molecule has 1 aliphatic rings. The first-order chi connectivity index (χ1) is 10.1. The zero-order valence-corrected chi connectivity index (χ0v) is 12.0. The molecule has 21 heavy (non-hydrogen) atoms. The average molecular weight is 286 g/mol. The molecular formula is C17H18O4. The van der Waals surface area contributed by atoms with Gasteiger partial charge in [-0.3, -0.25) is 0 Å². The van der Waals surface area contributed by atoms with E-state index in [2.05, 4.69) is 0 Å². The Morgan fingerprint density at radius 2 is 2.10 bits per heavy atom. The highest BCUT2D eigenvalue weighted by molar-refractivity contribution is 5.85. The van der Waals surface area contributed by atoms with Gasteiger partial charge < -0.3 is 9.47 Å². The maximum absolute atomic E-state index is 11.6. The molecule has 1 aromatic rings. The lowest BCUT2D eigenvalue weighted by Gasteiger charge is -2.23. The molecule has 0 spiro atoms. The zero-order valence-electron chi connectivity index (χ0n) is 12.0. The second-order valence-corrected chi connectivity index (χ2v) is 4.87. The molecule has 0 N–H and O–H groups in total. The Morgan fingerprint density at radius 1 is 1.33 bits per heavy atom. The van der Waals surface area contributed by atoms with Gasteiger partial charge in [-0.1, -0.05) is 43.3 Å². The van der Waals surface area contributed by atoms with Gasteiger partial charge in [0.05, 0.1) is 0 Å².